The molecule has 1 aromatic heterocycles. The zero-order chi connectivity index (χ0) is 21.3. The number of halogens is 1. The number of rotatable bonds is 5. The van der Waals surface area contributed by atoms with Crippen molar-refractivity contribution in [2.45, 2.75) is 23.6 Å². The lowest BCUT2D eigenvalue weighted by Crippen LogP contribution is -2.39. The molecule has 1 aliphatic heterocycles. The summed E-state index contributed by atoms with van der Waals surface area (Å²) >= 11 is 5.91. The van der Waals surface area contributed by atoms with Crippen molar-refractivity contribution in [2.75, 3.05) is 18.0 Å². The number of nitrogens with zero attached hydrogens (tertiary/aromatic N) is 3. The molecular weight excluding hydrogens is 424 g/mol. The first-order valence-electron chi connectivity index (χ1n) is 9.62. The minimum absolute atomic E-state index is 0.0475. The molecule has 0 atom stereocenters. The third-order valence-corrected chi connectivity index (χ3v) is 7.11. The molecule has 0 radical (unpaired) electrons. The average Bonchev–Trinajstić information content (AvgIpc) is 2.74. The Bertz CT molecular complexity index is 1190. The van der Waals surface area contributed by atoms with Crippen LogP contribution in [0, 0.1) is 5.92 Å². The highest BCUT2D eigenvalue weighted by atomic mass is 35.5. The molecule has 0 spiro atoms. The van der Waals surface area contributed by atoms with Crippen molar-refractivity contribution in [1.29, 1.82) is 0 Å². The Morgan fingerprint density at radius 1 is 1.03 bits per heavy atom. The smallest absolute Gasteiger partial charge is 0.220 e. The summed E-state index contributed by atoms with van der Waals surface area (Å²) in [6.45, 7) is 0.980. The molecule has 2 aromatic carbocycles. The highest BCUT2D eigenvalue weighted by molar-refractivity contribution is 7.90. The Labute approximate surface area is 179 Å². The molecule has 7 nitrogen and oxygen atoms in total. The van der Waals surface area contributed by atoms with E-state index >= 15 is 0 Å². The Morgan fingerprint density at radius 2 is 1.63 bits per heavy atom. The van der Waals surface area contributed by atoms with Crippen LogP contribution in [0.3, 0.4) is 0 Å². The summed E-state index contributed by atoms with van der Waals surface area (Å²) in [6.07, 6.45) is 1.11. The van der Waals surface area contributed by atoms with Gasteiger partial charge >= 0.3 is 0 Å². The molecule has 2 N–H and O–H groups in total. The van der Waals surface area contributed by atoms with E-state index in [1.165, 1.54) is 0 Å². The summed E-state index contributed by atoms with van der Waals surface area (Å²) in [4.78, 5) is 22.5. The lowest BCUT2D eigenvalue weighted by molar-refractivity contribution is -0.122. The number of sulfone groups is 1. The highest BCUT2D eigenvalue weighted by Gasteiger charge is 2.30. The second-order valence-electron chi connectivity index (χ2n) is 7.39. The monoisotopic (exact) mass is 444 g/mol. The molecule has 3 aromatic rings. The molecule has 1 amide bonds. The number of carbonyl (C=O) groups excluding carboxylic acids is 1. The Hall–Kier alpha value is -2.71. The number of hydrogen-bond acceptors (Lipinski definition) is 6. The molecule has 30 heavy (non-hydrogen) atoms. The number of piperidine rings is 1. The van der Waals surface area contributed by atoms with Gasteiger partial charge in [0.2, 0.25) is 15.7 Å². The van der Waals surface area contributed by atoms with Crippen LogP contribution in [-0.2, 0) is 20.4 Å². The van der Waals surface area contributed by atoms with Crippen LogP contribution in [0.15, 0.2) is 53.6 Å². The van der Waals surface area contributed by atoms with E-state index in [0.717, 1.165) is 0 Å². The van der Waals surface area contributed by atoms with Crippen LogP contribution in [0.4, 0.5) is 5.82 Å². The van der Waals surface area contributed by atoms with Crippen LogP contribution in [0.1, 0.15) is 18.4 Å². The van der Waals surface area contributed by atoms with Gasteiger partial charge in [0.25, 0.3) is 0 Å². The van der Waals surface area contributed by atoms with E-state index in [1.807, 2.05) is 11.0 Å². The van der Waals surface area contributed by atoms with Gasteiger partial charge in [-0.1, -0.05) is 35.9 Å². The normalized spacial score (nSPS) is 15.4. The largest absolute Gasteiger partial charge is 0.369 e. The molecule has 4 rings (SSSR count). The molecule has 0 saturated carbocycles. The van der Waals surface area contributed by atoms with Gasteiger partial charge in [0.15, 0.2) is 10.8 Å². The number of para-hydroxylation sites is 2. The maximum atomic E-state index is 13.3. The number of hydrogen-bond donors (Lipinski definition) is 1. The second kappa shape index (κ2) is 8.20. The Balaban J connectivity index is 1.74. The van der Waals surface area contributed by atoms with Crippen LogP contribution in [0.25, 0.3) is 11.0 Å². The Kier molecular flexibility index (Phi) is 5.62. The molecule has 9 heteroatoms. The maximum absolute atomic E-state index is 13.3. The maximum Gasteiger partial charge on any atom is 0.220 e. The number of benzene rings is 2. The quantitative estimate of drug-likeness (QED) is 0.648. The summed E-state index contributed by atoms with van der Waals surface area (Å²) in [5.41, 5.74) is 7.19. The molecule has 1 aliphatic rings. The van der Waals surface area contributed by atoms with E-state index in [1.54, 1.807) is 42.5 Å². The first-order valence-corrected chi connectivity index (χ1v) is 11.6. The minimum Gasteiger partial charge on any atom is -0.369 e. The van der Waals surface area contributed by atoms with E-state index in [2.05, 4.69) is 9.97 Å². The Morgan fingerprint density at radius 3 is 2.23 bits per heavy atom. The summed E-state index contributed by atoms with van der Waals surface area (Å²) in [7, 11) is -3.78. The van der Waals surface area contributed by atoms with E-state index < -0.39 is 9.84 Å². The number of aromatic nitrogens is 2. The summed E-state index contributed by atoms with van der Waals surface area (Å²) in [5.74, 6) is -0.411. The van der Waals surface area contributed by atoms with Crippen molar-refractivity contribution in [3.05, 3.63) is 59.1 Å². The van der Waals surface area contributed by atoms with Crippen molar-refractivity contribution in [3.63, 3.8) is 0 Å². The fourth-order valence-electron chi connectivity index (χ4n) is 3.63. The van der Waals surface area contributed by atoms with Gasteiger partial charge in [0.1, 0.15) is 0 Å². The first-order chi connectivity index (χ1) is 14.3. The molecule has 2 heterocycles. The lowest BCUT2D eigenvalue weighted by Gasteiger charge is -2.32. The predicted molar refractivity (Wildman–Crippen MR) is 116 cm³/mol. The second-order valence-corrected chi connectivity index (χ2v) is 9.73. The van der Waals surface area contributed by atoms with E-state index in [0.29, 0.717) is 53.4 Å². The zero-order valence-corrected chi connectivity index (χ0v) is 17.7. The molecular formula is C21H21ClN4O3S. The molecule has 0 unspecified atom stereocenters. The third-order valence-electron chi connectivity index (χ3n) is 5.28. The van der Waals surface area contributed by atoms with Gasteiger partial charge in [0.05, 0.1) is 16.8 Å². The van der Waals surface area contributed by atoms with Gasteiger partial charge in [-0.2, -0.15) is 0 Å². The molecule has 0 aliphatic carbocycles. The van der Waals surface area contributed by atoms with Crippen LogP contribution < -0.4 is 10.6 Å². The molecule has 1 saturated heterocycles. The summed E-state index contributed by atoms with van der Waals surface area (Å²) < 4.78 is 26.7. The zero-order valence-electron chi connectivity index (χ0n) is 16.2. The SMILES string of the molecule is NC(=O)C1CCN(c2nc3ccccc3nc2S(=O)(=O)Cc2ccc(Cl)cc2)CC1. The molecule has 156 valence electrons. The van der Waals surface area contributed by atoms with E-state index in [9.17, 15) is 13.2 Å². The predicted octanol–water partition coefficient (Wildman–Crippen LogP) is 2.96. The number of primary amides is 1. The molecule has 0 bridgehead atoms. The number of nitrogens with two attached hydrogens (primary N) is 1. The fourth-order valence-corrected chi connectivity index (χ4v) is 5.22. The van der Waals surface area contributed by atoms with Gasteiger partial charge in [-0.15, -0.1) is 0 Å². The van der Waals surface area contributed by atoms with Crippen LogP contribution >= 0.6 is 11.6 Å². The van der Waals surface area contributed by atoms with Crippen LogP contribution in [0.2, 0.25) is 5.02 Å². The van der Waals surface area contributed by atoms with E-state index in [4.69, 9.17) is 17.3 Å². The van der Waals surface area contributed by atoms with Crippen LogP contribution in [-0.4, -0.2) is 37.4 Å². The number of fused-ring (bicyclic) bond motifs is 1. The van der Waals surface area contributed by atoms with Crippen molar-refractivity contribution in [2.24, 2.45) is 11.7 Å². The lowest BCUT2D eigenvalue weighted by atomic mass is 9.96. The summed E-state index contributed by atoms with van der Waals surface area (Å²) in [5, 5.41) is 0.494. The molecule has 1 fully saturated rings. The van der Waals surface area contributed by atoms with Gasteiger partial charge in [-0.25, -0.2) is 18.4 Å². The average molecular weight is 445 g/mol. The number of amides is 1. The number of anilines is 1. The third kappa shape index (κ3) is 4.24. The van der Waals surface area contributed by atoms with Gasteiger partial charge in [-0.3, -0.25) is 4.79 Å². The van der Waals surface area contributed by atoms with Gasteiger partial charge in [-0.05, 0) is 42.7 Å². The van der Waals surface area contributed by atoms with E-state index in [-0.39, 0.29) is 22.6 Å². The topological polar surface area (TPSA) is 106 Å². The van der Waals surface area contributed by atoms with Crippen molar-refractivity contribution >= 4 is 44.2 Å². The van der Waals surface area contributed by atoms with Crippen LogP contribution in [0.5, 0.6) is 0 Å². The first kappa shape index (κ1) is 20.6. The standard InChI is InChI=1S/C21H21ClN4O3S/c22-16-7-5-14(6-8-16)13-30(28,29)21-20(24-17-3-1-2-4-18(17)25-21)26-11-9-15(10-12-26)19(23)27/h1-8,15H,9-13H2,(H2,23,27). The summed E-state index contributed by atoms with van der Waals surface area (Å²) in [6, 6.07) is 13.9. The number of carbonyl (C=O) groups is 1. The van der Waals surface area contributed by atoms with Crippen molar-refractivity contribution in [1.82, 2.24) is 9.97 Å². The van der Waals surface area contributed by atoms with Crippen molar-refractivity contribution in [3.8, 4) is 0 Å². The van der Waals surface area contributed by atoms with Crippen molar-refractivity contribution < 1.29 is 13.2 Å². The van der Waals surface area contributed by atoms with Gasteiger partial charge in [0, 0.05) is 24.0 Å². The fraction of sp³-hybridized carbons (Fsp3) is 0.286. The highest BCUT2D eigenvalue weighted by Crippen LogP contribution is 2.30. The minimum atomic E-state index is -3.78. The van der Waals surface area contributed by atoms with Gasteiger partial charge < -0.3 is 10.6 Å².